The van der Waals surface area contributed by atoms with Gasteiger partial charge in [-0.3, -0.25) is 14.4 Å². The minimum Gasteiger partial charge on any atom is -0.497 e. The molecule has 1 heterocycles. The molecule has 3 amide bonds. The number of amides is 3. The number of methoxy groups -OCH3 is 1. The molecule has 0 bridgehead atoms. The van der Waals surface area contributed by atoms with E-state index < -0.39 is 11.7 Å². The average Bonchev–Trinajstić information content (AvgIpc) is 3.25. The van der Waals surface area contributed by atoms with Crippen molar-refractivity contribution in [2.24, 2.45) is 5.92 Å². The van der Waals surface area contributed by atoms with Gasteiger partial charge in [0.05, 0.1) is 24.3 Å². The predicted octanol–water partition coefficient (Wildman–Crippen LogP) is 3.76. The fraction of sp³-hybridized carbons (Fsp3) is 0.192. The van der Waals surface area contributed by atoms with Gasteiger partial charge in [0.15, 0.2) is 0 Å². The molecule has 2 N–H and O–H groups in total. The number of rotatable bonds is 7. The van der Waals surface area contributed by atoms with Crippen molar-refractivity contribution in [3.63, 3.8) is 0 Å². The summed E-state index contributed by atoms with van der Waals surface area (Å²) in [6.45, 7) is 0.497. The molecule has 0 radical (unpaired) electrons. The lowest BCUT2D eigenvalue weighted by molar-refractivity contribution is -0.122. The van der Waals surface area contributed by atoms with Crippen LogP contribution in [0, 0.1) is 11.7 Å². The number of benzene rings is 3. The third-order valence-corrected chi connectivity index (χ3v) is 5.68. The van der Waals surface area contributed by atoms with Crippen molar-refractivity contribution in [3.05, 3.63) is 89.7 Å². The highest BCUT2D eigenvalue weighted by atomic mass is 19.1. The average molecular weight is 461 g/mol. The van der Waals surface area contributed by atoms with Gasteiger partial charge in [0.1, 0.15) is 11.6 Å². The molecule has 3 aromatic rings. The number of hydrogen-bond acceptors (Lipinski definition) is 4. The lowest BCUT2D eigenvalue weighted by Crippen LogP contribution is -2.29. The molecule has 0 aromatic heterocycles. The van der Waals surface area contributed by atoms with Crippen LogP contribution in [0.25, 0.3) is 0 Å². The SMILES string of the molecule is COc1ccc(CNC(=O)c2ccccc2NC(=O)[C@@H]2CC(=O)N(c3ccc(F)cc3)C2)cc1. The number of anilines is 2. The molecule has 174 valence electrons. The van der Waals surface area contributed by atoms with Crippen molar-refractivity contribution >= 4 is 29.1 Å². The zero-order valence-electron chi connectivity index (χ0n) is 18.6. The number of halogens is 1. The van der Waals surface area contributed by atoms with E-state index in [-0.39, 0.29) is 30.7 Å². The second-order valence-corrected chi connectivity index (χ2v) is 7.95. The van der Waals surface area contributed by atoms with Gasteiger partial charge in [0, 0.05) is 25.2 Å². The first-order valence-electron chi connectivity index (χ1n) is 10.8. The summed E-state index contributed by atoms with van der Waals surface area (Å²) in [5, 5.41) is 5.65. The Kier molecular flexibility index (Phi) is 6.87. The second-order valence-electron chi connectivity index (χ2n) is 7.95. The van der Waals surface area contributed by atoms with Gasteiger partial charge in [-0.1, -0.05) is 24.3 Å². The first-order valence-corrected chi connectivity index (χ1v) is 10.8. The molecule has 0 saturated carbocycles. The monoisotopic (exact) mass is 461 g/mol. The summed E-state index contributed by atoms with van der Waals surface area (Å²) in [5.74, 6) is -1.15. The van der Waals surface area contributed by atoms with Crippen LogP contribution in [0.3, 0.4) is 0 Å². The van der Waals surface area contributed by atoms with Gasteiger partial charge >= 0.3 is 0 Å². The number of nitrogens with one attached hydrogen (secondary N) is 2. The molecule has 1 fully saturated rings. The largest absolute Gasteiger partial charge is 0.497 e. The fourth-order valence-electron chi connectivity index (χ4n) is 3.80. The van der Waals surface area contributed by atoms with E-state index >= 15 is 0 Å². The fourth-order valence-corrected chi connectivity index (χ4v) is 3.80. The molecule has 8 heteroatoms. The van der Waals surface area contributed by atoms with Crippen molar-refractivity contribution in [3.8, 4) is 5.75 Å². The molecule has 34 heavy (non-hydrogen) atoms. The molecule has 7 nitrogen and oxygen atoms in total. The Bertz CT molecular complexity index is 1200. The van der Waals surface area contributed by atoms with Crippen LogP contribution in [-0.4, -0.2) is 31.4 Å². The summed E-state index contributed by atoms with van der Waals surface area (Å²) in [6, 6.07) is 19.6. The van der Waals surface area contributed by atoms with E-state index in [0.717, 1.165) is 11.3 Å². The summed E-state index contributed by atoms with van der Waals surface area (Å²) in [4.78, 5) is 39.6. The van der Waals surface area contributed by atoms with Gasteiger partial charge in [0.25, 0.3) is 5.91 Å². The van der Waals surface area contributed by atoms with Gasteiger partial charge in [-0.05, 0) is 54.1 Å². The lowest BCUT2D eigenvalue weighted by atomic mass is 10.1. The topological polar surface area (TPSA) is 87.7 Å². The minimum absolute atomic E-state index is 0.0367. The Hall–Kier alpha value is -4.20. The summed E-state index contributed by atoms with van der Waals surface area (Å²) in [6.07, 6.45) is 0.0367. The quantitative estimate of drug-likeness (QED) is 0.561. The molecule has 0 unspecified atom stereocenters. The lowest BCUT2D eigenvalue weighted by Gasteiger charge is -2.17. The summed E-state index contributed by atoms with van der Waals surface area (Å²) in [7, 11) is 1.59. The Labute approximate surface area is 196 Å². The zero-order chi connectivity index (χ0) is 24.1. The minimum atomic E-state index is -0.590. The van der Waals surface area contributed by atoms with Gasteiger partial charge in [0.2, 0.25) is 11.8 Å². The first kappa shape index (κ1) is 23.0. The highest BCUT2D eigenvalue weighted by Gasteiger charge is 2.35. The molecule has 0 aliphatic carbocycles. The number of para-hydroxylation sites is 1. The molecule has 0 spiro atoms. The number of carbonyl (C=O) groups is 3. The van der Waals surface area contributed by atoms with Gasteiger partial charge < -0.3 is 20.3 Å². The zero-order valence-corrected chi connectivity index (χ0v) is 18.6. The summed E-state index contributed by atoms with van der Waals surface area (Å²) in [5.41, 5.74) is 2.14. The van der Waals surface area contributed by atoms with E-state index in [1.54, 1.807) is 31.4 Å². The van der Waals surface area contributed by atoms with Crippen LogP contribution in [0.15, 0.2) is 72.8 Å². The van der Waals surface area contributed by atoms with E-state index in [0.29, 0.717) is 23.5 Å². The van der Waals surface area contributed by atoms with Crippen molar-refractivity contribution in [1.82, 2.24) is 5.32 Å². The summed E-state index contributed by atoms with van der Waals surface area (Å²) >= 11 is 0. The Morgan fingerprint density at radius 3 is 2.44 bits per heavy atom. The second kappa shape index (κ2) is 10.2. The highest BCUT2D eigenvalue weighted by molar-refractivity contribution is 6.07. The third kappa shape index (κ3) is 5.23. The van der Waals surface area contributed by atoms with Crippen molar-refractivity contribution in [2.45, 2.75) is 13.0 Å². The van der Waals surface area contributed by atoms with Crippen LogP contribution >= 0.6 is 0 Å². The predicted molar refractivity (Wildman–Crippen MR) is 126 cm³/mol. The smallest absolute Gasteiger partial charge is 0.253 e. The van der Waals surface area contributed by atoms with Crippen LogP contribution in [0.4, 0.5) is 15.8 Å². The highest BCUT2D eigenvalue weighted by Crippen LogP contribution is 2.27. The van der Waals surface area contributed by atoms with Crippen LogP contribution in [0.2, 0.25) is 0 Å². The molecular weight excluding hydrogens is 437 g/mol. The molecule has 1 saturated heterocycles. The van der Waals surface area contributed by atoms with Gasteiger partial charge in [-0.15, -0.1) is 0 Å². The number of ether oxygens (including phenoxy) is 1. The van der Waals surface area contributed by atoms with Gasteiger partial charge in [-0.25, -0.2) is 4.39 Å². The molecule has 1 aliphatic rings. The third-order valence-electron chi connectivity index (χ3n) is 5.68. The molecular formula is C26H24FN3O4. The maximum Gasteiger partial charge on any atom is 0.253 e. The molecule has 3 aromatic carbocycles. The Morgan fingerprint density at radius 1 is 1.03 bits per heavy atom. The molecule has 4 rings (SSSR count). The van der Waals surface area contributed by atoms with Crippen LogP contribution in [0.1, 0.15) is 22.3 Å². The van der Waals surface area contributed by atoms with Crippen molar-refractivity contribution in [1.29, 1.82) is 0 Å². The number of nitrogens with zero attached hydrogens (tertiary/aromatic N) is 1. The van der Waals surface area contributed by atoms with E-state index in [4.69, 9.17) is 4.74 Å². The van der Waals surface area contributed by atoms with E-state index in [9.17, 15) is 18.8 Å². The van der Waals surface area contributed by atoms with Gasteiger partial charge in [-0.2, -0.15) is 0 Å². The number of hydrogen-bond donors (Lipinski definition) is 2. The Balaban J connectivity index is 1.40. The Morgan fingerprint density at radius 2 is 1.74 bits per heavy atom. The van der Waals surface area contributed by atoms with Crippen molar-refractivity contribution in [2.75, 3.05) is 23.9 Å². The summed E-state index contributed by atoms with van der Waals surface area (Å²) < 4.78 is 18.3. The van der Waals surface area contributed by atoms with Crippen LogP contribution in [-0.2, 0) is 16.1 Å². The van der Waals surface area contributed by atoms with E-state index in [2.05, 4.69) is 10.6 Å². The maximum atomic E-state index is 13.2. The maximum absolute atomic E-state index is 13.2. The van der Waals surface area contributed by atoms with Crippen LogP contribution in [0.5, 0.6) is 5.75 Å². The normalized spacial score (nSPS) is 15.2. The van der Waals surface area contributed by atoms with Crippen molar-refractivity contribution < 1.29 is 23.5 Å². The number of carbonyl (C=O) groups excluding carboxylic acids is 3. The van der Waals surface area contributed by atoms with E-state index in [1.165, 1.54) is 29.2 Å². The molecule has 1 aliphatic heterocycles. The molecule has 1 atom stereocenters. The van der Waals surface area contributed by atoms with E-state index in [1.807, 2.05) is 24.3 Å². The first-order chi connectivity index (χ1) is 16.4. The standard InChI is InChI=1S/C26H24FN3O4/c1-34-21-12-6-17(7-13-21)15-28-26(33)22-4-2-3-5-23(22)29-25(32)18-14-24(31)30(16-18)20-10-8-19(27)9-11-20/h2-13,18H,14-16H2,1H3,(H,28,33)(H,29,32)/t18-/m1/s1. The van der Waals surface area contributed by atoms with Crippen LogP contribution < -0.4 is 20.3 Å².